The van der Waals surface area contributed by atoms with Crippen LogP contribution in [0.4, 0.5) is 10.2 Å². The molecule has 0 spiro atoms. The fourth-order valence-corrected chi connectivity index (χ4v) is 2.29. The van der Waals surface area contributed by atoms with Gasteiger partial charge in [0.15, 0.2) is 0 Å². The Bertz CT molecular complexity index is 379. The van der Waals surface area contributed by atoms with E-state index in [1.54, 1.807) is 6.07 Å². The molecule has 0 bridgehead atoms. The molecule has 1 aromatic rings. The number of rotatable bonds is 3. The summed E-state index contributed by atoms with van der Waals surface area (Å²) in [6.45, 7) is 0.913. The number of aliphatic hydroxyl groups excluding tert-OH is 1. The zero-order chi connectivity index (χ0) is 12.3. The van der Waals surface area contributed by atoms with Crippen molar-refractivity contribution in [2.24, 2.45) is 5.92 Å². The van der Waals surface area contributed by atoms with Crippen LogP contribution < -0.4 is 4.90 Å². The molecule has 0 saturated carbocycles. The van der Waals surface area contributed by atoms with Crippen molar-refractivity contribution < 1.29 is 9.50 Å². The number of aliphatic hydroxyl groups is 1. The van der Waals surface area contributed by atoms with Gasteiger partial charge in [-0.2, -0.15) is 0 Å². The third-order valence-electron chi connectivity index (χ3n) is 3.12. The Morgan fingerprint density at radius 2 is 2.35 bits per heavy atom. The van der Waals surface area contributed by atoms with Gasteiger partial charge in [0.25, 0.3) is 0 Å². The van der Waals surface area contributed by atoms with Gasteiger partial charge in [-0.1, -0.05) is 11.6 Å². The van der Waals surface area contributed by atoms with Gasteiger partial charge < -0.3 is 10.0 Å². The lowest BCUT2D eigenvalue weighted by Gasteiger charge is -2.36. The lowest BCUT2D eigenvalue weighted by molar-refractivity contribution is 0.0792. The highest BCUT2D eigenvalue weighted by Crippen LogP contribution is 2.25. The lowest BCUT2D eigenvalue weighted by Crippen LogP contribution is -2.43. The highest BCUT2D eigenvalue weighted by molar-refractivity contribution is 6.29. The topological polar surface area (TPSA) is 49.2 Å². The molecule has 2 heterocycles. The maximum atomic E-state index is 12.4. The molecule has 1 saturated heterocycles. The quantitative estimate of drug-likeness (QED) is 0.839. The fourth-order valence-electron chi connectivity index (χ4n) is 2.15. The molecule has 0 aliphatic carbocycles. The predicted molar refractivity (Wildman–Crippen MR) is 64.0 cm³/mol. The van der Waals surface area contributed by atoms with Gasteiger partial charge in [0.1, 0.15) is 17.3 Å². The maximum absolute atomic E-state index is 12.4. The van der Waals surface area contributed by atoms with E-state index in [-0.39, 0.29) is 5.92 Å². The Labute approximate surface area is 104 Å². The minimum atomic E-state index is -0.417. The third kappa shape index (κ3) is 3.04. The summed E-state index contributed by atoms with van der Waals surface area (Å²) >= 11 is 5.80. The number of alkyl halides is 1. The van der Waals surface area contributed by atoms with Crippen molar-refractivity contribution in [2.45, 2.75) is 18.9 Å². The summed E-state index contributed by atoms with van der Waals surface area (Å²) in [7, 11) is 0. The molecular weight excluding hydrogens is 245 g/mol. The van der Waals surface area contributed by atoms with Gasteiger partial charge >= 0.3 is 0 Å². The van der Waals surface area contributed by atoms with Gasteiger partial charge in [0.05, 0.1) is 12.8 Å². The summed E-state index contributed by atoms with van der Waals surface area (Å²) in [6, 6.07) is 1.69. The Morgan fingerprint density at radius 1 is 1.53 bits per heavy atom. The van der Waals surface area contributed by atoms with Crippen LogP contribution in [0.25, 0.3) is 0 Å². The first-order valence-electron chi connectivity index (χ1n) is 5.67. The van der Waals surface area contributed by atoms with E-state index >= 15 is 0 Å². The predicted octanol–water partition coefficient (Wildman–Crippen LogP) is 1.68. The van der Waals surface area contributed by atoms with Crippen LogP contribution in [0, 0.1) is 5.92 Å². The van der Waals surface area contributed by atoms with Crippen molar-refractivity contribution >= 4 is 17.4 Å². The average Bonchev–Trinajstić information content (AvgIpc) is 2.32. The van der Waals surface area contributed by atoms with Gasteiger partial charge in [-0.25, -0.2) is 9.97 Å². The number of piperidine rings is 1. The molecule has 4 nitrogen and oxygen atoms in total. The van der Waals surface area contributed by atoms with E-state index < -0.39 is 12.8 Å². The van der Waals surface area contributed by atoms with Crippen molar-refractivity contribution in [2.75, 3.05) is 24.7 Å². The van der Waals surface area contributed by atoms with E-state index in [2.05, 4.69) is 9.97 Å². The van der Waals surface area contributed by atoms with E-state index in [4.69, 9.17) is 11.6 Å². The average molecular weight is 260 g/mol. The van der Waals surface area contributed by atoms with Crippen LogP contribution in [0.1, 0.15) is 12.8 Å². The fraction of sp³-hybridized carbons (Fsp3) is 0.636. The van der Waals surface area contributed by atoms with Gasteiger partial charge in [-0.05, 0) is 12.8 Å². The molecule has 1 aliphatic rings. The molecular formula is C11H15ClFN3O. The van der Waals surface area contributed by atoms with Crippen LogP contribution in [0.5, 0.6) is 0 Å². The molecule has 1 N–H and O–H groups in total. The van der Waals surface area contributed by atoms with E-state index in [1.807, 2.05) is 4.90 Å². The minimum absolute atomic E-state index is 0.0394. The molecule has 0 radical (unpaired) electrons. The maximum Gasteiger partial charge on any atom is 0.134 e. The zero-order valence-electron chi connectivity index (χ0n) is 9.39. The second kappa shape index (κ2) is 5.60. The van der Waals surface area contributed by atoms with Gasteiger partial charge in [-0.15, -0.1) is 0 Å². The second-order valence-corrected chi connectivity index (χ2v) is 4.63. The number of hydrogen-bond acceptors (Lipinski definition) is 4. The van der Waals surface area contributed by atoms with Crippen molar-refractivity contribution in [3.05, 3.63) is 17.5 Å². The van der Waals surface area contributed by atoms with Crippen LogP contribution >= 0.6 is 11.6 Å². The van der Waals surface area contributed by atoms with Crippen LogP contribution in [0.15, 0.2) is 12.4 Å². The molecule has 2 atom stereocenters. The van der Waals surface area contributed by atoms with Crippen LogP contribution in [-0.4, -0.2) is 40.9 Å². The zero-order valence-corrected chi connectivity index (χ0v) is 10.1. The van der Waals surface area contributed by atoms with Crippen molar-refractivity contribution in [3.8, 4) is 0 Å². The smallest absolute Gasteiger partial charge is 0.134 e. The Kier molecular flexibility index (Phi) is 4.12. The minimum Gasteiger partial charge on any atom is -0.393 e. The first kappa shape index (κ1) is 12.5. The van der Waals surface area contributed by atoms with Gasteiger partial charge in [-0.3, -0.25) is 4.39 Å². The van der Waals surface area contributed by atoms with E-state index in [0.717, 1.165) is 5.82 Å². The van der Waals surface area contributed by atoms with Crippen LogP contribution in [-0.2, 0) is 0 Å². The van der Waals surface area contributed by atoms with Gasteiger partial charge in [0, 0.05) is 25.1 Å². The monoisotopic (exact) mass is 259 g/mol. The van der Waals surface area contributed by atoms with E-state index in [9.17, 15) is 9.50 Å². The molecule has 0 aromatic carbocycles. The Balaban J connectivity index is 2.07. The first-order chi connectivity index (χ1) is 8.20. The first-order valence-corrected chi connectivity index (χ1v) is 6.05. The number of hydrogen-bond donors (Lipinski definition) is 1. The highest BCUT2D eigenvalue weighted by Gasteiger charge is 2.28. The summed E-state index contributed by atoms with van der Waals surface area (Å²) in [5, 5.41) is 10.2. The molecule has 6 heteroatoms. The largest absolute Gasteiger partial charge is 0.393 e. The van der Waals surface area contributed by atoms with Crippen molar-refractivity contribution in [3.63, 3.8) is 0 Å². The number of aromatic nitrogens is 2. The summed E-state index contributed by atoms with van der Waals surface area (Å²) < 4.78 is 12.4. The lowest BCUT2D eigenvalue weighted by atomic mass is 9.92. The Hall–Kier alpha value is -0.940. The number of halogens is 2. The number of nitrogens with zero attached hydrogens (tertiary/aromatic N) is 3. The second-order valence-electron chi connectivity index (χ2n) is 4.24. The molecule has 1 fully saturated rings. The van der Waals surface area contributed by atoms with E-state index in [1.165, 1.54) is 6.33 Å². The molecule has 2 unspecified atom stereocenters. The standard InChI is InChI=1S/C11H15ClFN3O/c12-10-5-11(15-7-14-10)16-4-2-9(17)8(6-16)1-3-13/h5,7-9,17H,1-4,6H2. The summed E-state index contributed by atoms with van der Waals surface area (Å²) in [4.78, 5) is 9.98. The molecule has 0 amide bonds. The van der Waals surface area contributed by atoms with Crippen molar-refractivity contribution in [1.29, 1.82) is 0 Å². The van der Waals surface area contributed by atoms with Crippen LogP contribution in [0.2, 0.25) is 5.15 Å². The third-order valence-corrected chi connectivity index (χ3v) is 3.32. The highest BCUT2D eigenvalue weighted by atomic mass is 35.5. The van der Waals surface area contributed by atoms with Gasteiger partial charge in [0.2, 0.25) is 0 Å². The molecule has 17 heavy (non-hydrogen) atoms. The molecule has 1 aliphatic heterocycles. The summed E-state index contributed by atoms with van der Waals surface area (Å²) in [5.41, 5.74) is 0. The molecule has 2 rings (SSSR count). The van der Waals surface area contributed by atoms with E-state index in [0.29, 0.717) is 31.1 Å². The van der Waals surface area contributed by atoms with Crippen molar-refractivity contribution in [1.82, 2.24) is 9.97 Å². The van der Waals surface area contributed by atoms with Crippen LogP contribution in [0.3, 0.4) is 0 Å². The molecule has 94 valence electrons. The SMILES string of the molecule is OC1CCN(c2cc(Cl)ncn2)CC1CCF. The molecule has 1 aromatic heterocycles. The Morgan fingerprint density at radius 3 is 3.06 bits per heavy atom. The normalized spacial score (nSPS) is 25.0. The number of anilines is 1. The summed E-state index contributed by atoms with van der Waals surface area (Å²) in [6.07, 6.45) is 2.01. The summed E-state index contributed by atoms with van der Waals surface area (Å²) in [5.74, 6) is 0.697.